The molecule has 0 amide bonds. The van der Waals surface area contributed by atoms with E-state index in [1.54, 1.807) is 0 Å². The molecule has 0 saturated carbocycles. The second-order valence-corrected chi connectivity index (χ2v) is 3.32. The Labute approximate surface area is 79.6 Å². The number of hydrogen-bond acceptors (Lipinski definition) is 2. The zero-order chi connectivity index (χ0) is 9.68. The standard InChI is InChI=1S/C11H17NO/c1-9-4-3-5-10(8-9)11(13)6-7-12-2/h3-5,8,11-13H,6-7H2,1-2H3. The maximum absolute atomic E-state index is 9.74. The number of aliphatic hydroxyl groups is 1. The molecule has 0 fully saturated rings. The highest BCUT2D eigenvalue weighted by Crippen LogP contribution is 2.16. The molecular formula is C11H17NO. The molecule has 1 rings (SSSR count). The zero-order valence-corrected chi connectivity index (χ0v) is 8.25. The molecule has 0 aliphatic carbocycles. The van der Waals surface area contributed by atoms with Gasteiger partial charge in [0.1, 0.15) is 0 Å². The third-order valence-electron chi connectivity index (χ3n) is 2.09. The number of rotatable bonds is 4. The number of aryl methyl sites for hydroxylation is 1. The molecule has 1 aromatic rings. The Morgan fingerprint density at radius 2 is 2.23 bits per heavy atom. The van der Waals surface area contributed by atoms with Crippen LogP contribution in [0.2, 0.25) is 0 Å². The van der Waals surface area contributed by atoms with Gasteiger partial charge in [0.25, 0.3) is 0 Å². The lowest BCUT2D eigenvalue weighted by atomic mass is 10.0. The lowest BCUT2D eigenvalue weighted by Crippen LogP contribution is -2.11. The highest BCUT2D eigenvalue weighted by Gasteiger charge is 2.05. The van der Waals surface area contributed by atoms with E-state index in [0.717, 1.165) is 18.5 Å². The van der Waals surface area contributed by atoms with Gasteiger partial charge < -0.3 is 10.4 Å². The first-order valence-electron chi connectivity index (χ1n) is 4.63. The Bertz CT molecular complexity index is 260. The van der Waals surface area contributed by atoms with Crippen LogP contribution in [0.25, 0.3) is 0 Å². The second-order valence-electron chi connectivity index (χ2n) is 3.32. The van der Waals surface area contributed by atoms with E-state index in [2.05, 4.69) is 5.32 Å². The zero-order valence-electron chi connectivity index (χ0n) is 8.25. The van der Waals surface area contributed by atoms with Crippen LogP contribution in [0.4, 0.5) is 0 Å². The van der Waals surface area contributed by atoms with Gasteiger partial charge in [0.05, 0.1) is 6.10 Å². The van der Waals surface area contributed by atoms with Crippen molar-refractivity contribution in [2.75, 3.05) is 13.6 Å². The number of benzene rings is 1. The topological polar surface area (TPSA) is 32.3 Å². The first-order valence-corrected chi connectivity index (χ1v) is 4.63. The minimum absolute atomic E-state index is 0.340. The van der Waals surface area contributed by atoms with E-state index in [9.17, 15) is 5.11 Å². The van der Waals surface area contributed by atoms with E-state index in [0.29, 0.717) is 0 Å². The molecule has 2 heteroatoms. The van der Waals surface area contributed by atoms with Crippen LogP contribution in [0.5, 0.6) is 0 Å². The van der Waals surface area contributed by atoms with Gasteiger partial charge in [0, 0.05) is 0 Å². The lowest BCUT2D eigenvalue weighted by molar-refractivity contribution is 0.167. The fraction of sp³-hybridized carbons (Fsp3) is 0.455. The van der Waals surface area contributed by atoms with Crippen molar-refractivity contribution < 1.29 is 5.11 Å². The Morgan fingerprint density at radius 3 is 2.85 bits per heavy atom. The summed E-state index contributed by atoms with van der Waals surface area (Å²) in [5.41, 5.74) is 2.20. The highest BCUT2D eigenvalue weighted by atomic mass is 16.3. The summed E-state index contributed by atoms with van der Waals surface area (Å²) in [4.78, 5) is 0. The quantitative estimate of drug-likeness (QED) is 0.736. The molecule has 0 heterocycles. The van der Waals surface area contributed by atoms with E-state index in [1.165, 1.54) is 5.56 Å². The predicted molar refractivity (Wildman–Crippen MR) is 54.7 cm³/mol. The molecule has 0 radical (unpaired) electrons. The van der Waals surface area contributed by atoms with Crippen LogP contribution in [0.15, 0.2) is 24.3 Å². The largest absolute Gasteiger partial charge is 0.388 e. The van der Waals surface area contributed by atoms with E-state index < -0.39 is 0 Å². The van der Waals surface area contributed by atoms with Crippen molar-refractivity contribution in [1.82, 2.24) is 5.32 Å². The Kier molecular flexibility index (Phi) is 3.93. The van der Waals surface area contributed by atoms with Crippen molar-refractivity contribution >= 4 is 0 Å². The van der Waals surface area contributed by atoms with Gasteiger partial charge in [-0.15, -0.1) is 0 Å². The summed E-state index contributed by atoms with van der Waals surface area (Å²) in [5.74, 6) is 0. The molecule has 1 atom stereocenters. The normalized spacial score (nSPS) is 12.8. The van der Waals surface area contributed by atoms with Gasteiger partial charge in [0.2, 0.25) is 0 Å². The highest BCUT2D eigenvalue weighted by molar-refractivity contribution is 5.23. The average molecular weight is 179 g/mol. The van der Waals surface area contributed by atoms with Crippen LogP contribution in [0.1, 0.15) is 23.7 Å². The number of hydrogen-bond donors (Lipinski definition) is 2. The van der Waals surface area contributed by atoms with Gasteiger partial charge in [0.15, 0.2) is 0 Å². The molecular weight excluding hydrogens is 162 g/mol. The van der Waals surface area contributed by atoms with Crippen molar-refractivity contribution in [3.05, 3.63) is 35.4 Å². The summed E-state index contributed by atoms with van der Waals surface area (Å²) in [7, 11) is 1.89. The summed E-state index contributed by atoms with van der Waals surface area (Å²) >= 11 is 0. The first-order chi connectivity index (χ1) is 6.24. The van der Waals surface area contributed by atoms with Crippen LogP contribution in [0.3, 0.4) is 0 Å². The molecule has 13 heavy (non-hydrogen) atoms. The summed E-state index contributed by atoms with van der Waals surface area (Å²) in [6.45, 7) is 2.88. The third-order valence-corrected chi connectivity index (χ3v) is 2.09. The van der Waals surface area contributed by atoms with Crippen molar-refractivity contribution in [2.45, 2.75) is 19.4 Å². The van der Waals surface area contributed by atoms with E-state index in [4.69, 9.17) is 0 Å². The van der Waals surface area contributed by atoms with E-state index >= 15 is 0 Å². The summed E-state index contributed by atoms with van der Waals surface area (Å²) in [6.07, 6.45) is 0.423. The smallest absolute Gasteiger partial charge is 0.0802 e. The first kappa shape index (κ1) is 10.2. The molecule has 0 aliphatic rings. The van der Waals surface area contributed by atoms with Gasteiger partial charge >= 0.3 is 0 Å². The van der Waals surface area contributed by atoms with E-state index in [1.807, 2.05) is 38.2 Å². The lowest BCUT2D eigenvalue weighted by Gasteiger charge is -2.10. The van der Waals surface area contributed by atoms with Gasteiger partial charge in [-0.2, -0.15) is 0 Å². The SMILES string of the molecule is CNCCC(O)c1cccc(C)c1. The van der Waals surface area contributed by atoms with Crippen molar-refractivity contribution in [3.8, 4) is 0 Å². The van der Waals surface area contributed by atoms with Crippen LogP contribution < -0.4 is 5.32 Å². The maximum Gasteiger partial charge on any atom is 0.0802 e. The van der Waals surface area contributed by atoms with Crippen molar-refractivity contribution in [3.63, 3.8) is 0 Å². The van der Waals surface area contributed by atoms with Gasteiger partial charge in [-0.05, 0) is 32.5 Å². The van der Waals surface area contributed by atoms with Crippen LogP contribution in [-0.4, -0.2) is 18.7 Å². The molecule has 1 unspecified atom stereocenters. The Balaban J connectivity index is 2.60. The van der Waals surface area contributed by atoms with E-state index in [-0.39, 0.29) is 6.10 Å². The molecule has 0 saturated heterocycles. The minimum atomic E-state index is -0.340. The molecule has 0 aliphatic heterocycles. The minimum Gasteiger partial charge on any atom is -0.388 e. The fourth-order valence-corrected chi connectivity index (χ4v) is 1.33. The average Bonchev–Trinajstić information content (AvgIpc) is 2.14. The Morgan fingerprint density at radius 1 is 1.46 bits per heavy atom. The third kappa shape index (κ3) is 3.17. The van der Waals surface area contributed by atoms with Crippen molar-refractivity contribution in [2.24, 2.45) is 0 Å². The van der Waals surface area contributed by atoms with Gasteiger partial charge in [-0.25, -0.2) is 0 Å². The number of nitrogens with one attached hydrogen (secondary N) is 1. The molecule has 0 aromatic heterocycles. The maximum atomic E-state index is 9.74. The van der Waals surface area contributed by atoms with Crippen LogP contribution in [-0.2, 0) is 0 Å². The van der Waals surface area contributed by atoms with Gasteiger partial charge in [-0.1, -0.05) is 29.8 Å². The summed E-state index contributed by atoms with van der Waals surface area (Å²) in [5, 5.41) is 12.8. The second kappa shape index (κ2) is 5.00. The fourth-order valence-electron chi connectivity index (χ4n) is 1.33. The Hall–Kier alpha value is -0.860. The number of aliphatic hydroxyl groups excluding tert-OH is 1. The monoisotopic (exact) mass is 179 g/mol. The molecule has 2 N–H and O–H groups in total. The molecule has 2 nitrogen and oxygen atoms in total. The molecule has 72 valence electrons. The van der Waals surface area contributed by atoms with Crippen LogP contribution in [0, 0.1) is 6.92 Å². The van der Waals surface area contributed by atoms with Crippen molar-refractivity contribution in [1.29, 1.82) is 0 Å². The molecule has 1 aromatic carbocycles. The predicted octanol–water partition coefficient (Wildman–Crippen LogP) is 1.64. The van der Waals surface area contributed by atoms with Crippen LogP contribution >= 0.6 is 0 Å². The molecule has 0 bridgehead atoms. The van der Waals surface area contributed by atoms with Gasteiger partial charge in [-0.3, -0.25) is 0 Å². The summed E-state index contributed by atoms with van der Waals surface area (Å²) in [6, 6.07) is 8.01. The molecule has 0 spiro atoms. The summed E-state index contributed by atoms with van der Waals surface area (Å²) < 4.78 is 0.